The molecule has 2 aromatic carbocycles. The number of piperazine rings is 1. The molecule has 1 N–H and O–H groups in total. The average Bonchev–Trinajstić information content (AvgIpc) is 2.69. The van der Waals surface area contributed by atoms with Crippen LogP contribution in [0.5, 0.6) is 5.75 Å². The lowest BCUT2D eigenvalue weighted by Crippen LogP contribution is -3.15. The first-order chi connectivity index (χ1) is 13.0. The summed E-state index contributed by atoms with van der Waals surface area (Å²) in [5.41, 5.74) is 0.955. The minimum Gasteiger partial charge on any atom is -0.488 e. The fraction of sp³-hybridized carbons (Fsp3) is 0.350. The number of ketones is 1. The minimum atomic E-state index is -0.408. The molecule has 2 aromatic rings. The van der Waals surface area contributed by atoms with Gasteiger partial charge in [-0.3, -0.25) is 14.9 Å². The van der Waals surface area contributed by atoms with E-state index < -0.39 is 4.92 Å². The number of nitro benzene ring substituents is 1. The number of rotatable bonds is 7. The lowest BCUT2D eigenvalue weighted by Gasteiger charge is -2.33. The molecule has 0 unspecified atom stereocenters. The van der Waals surface area contributed by atoms with Crippen molar-refractivity contribution >= 4 is 17.2 Å². The molecule has 1 fully saturated rings. The number of Topliss-reactive ketones (excluding diaryl/α,β-unsaturated/α-hetero) is 1. The number of ether oxygens (including phenoxy) is 1. The summed E-state index contributed by atoms with van der Waals surface area (Å²) in [6.45, 7) is 6.22. The summed E-state index contributed by atoms with van der Waals surface area (Å²) < 4.78 is 5.75. The van der Waals surface area contributed by atoms with Gasteiger partial charge in [0.1, 0.15) is 24.6 Å². The van der Waals surface area contributed by atoms with Crippen LogP contribution in [0.2, 0.25) is 0 Å². The zero-order valence-electron chi connectivity index (χ0n) is 15.4. The number of hydrogen-bond acceptors (Lipinski definition) is 5. The predicted molar refractivity (Wildman–Crippen MR) is 103 cm³/mol. The Hall–Kier alpha value is -2.93. The van der Waals surface area contributed by atoms with Crippen molar-refractivity contribution in [3.63, 3.8) is 0 Å². The van der Waals surface area contributed by atoms with E-state index in [1.165, 1.54) is 17.9 Å². The molecule has 0 atom stereocenters. The second-order valence-electron chi connectivity index (χ2n) is 6.67. The van der Waals surface area contributed by atoms with Gasteiger partial charge in [0, 0.05) is 11.6 Å². The first-order valence-corrected chi connectivity index (χ1v) is 9.10. The maximum absolute atomic E-state index is 11.5. The minimum absolute atomic E-state index is 0.00133. The first kappa shape index (κ1) is 18.8. The third-order valence-corrected chi connectivity index (χ3v) is 4.86. The number of anilines is 1. The summed E-state index contributed by atoms with van der Waals surface area (Å²) in [6, 6.07) is 14.5. The molecule has 1 aliphatic rings. The lowest BCUT2D eigenvalue weighted by molar-refractivity contribution is -0.900. The van der Waals surface area contributed by atoms with Gasteiger partial charge in [-0.2, -0.15) is 0 Å². The molecule has 0 radical (unpaired) electrons. The van der Waals surface area contributed by atoms with Crippen LogP contribution < -0.4 is 14.5 Å². The first-order valence-electron chi connectivity index (χ1n) is 9.10. The number of nitrogens with one attached hydrogen (secondary N) is 1. The van der Waals surface area contributed by atoms with Gasteiger partial charge < -0.3 is 14.5 Å². The third-order valence-electron chi connectivity index (χ3n) is 4.86. The van der Waals surface area contributed by atoms with Crippen LogP contribution in [0.15, 0.2) is 48.5 Å². The van der Waals surface area contributed by atoms with Gasteiger partial charge in [-0.1, -0.05) is 18.2 Å². The molecular weight excluding hydrogens is 346 g/mol. The predicted octanol–water partition coefficient (Wildman–Crippen LogP) is 1.58. The zero-order chi connectivity index (χ0) is 19.2. The summed E-state index contributed by atoms with van der Waals surface area (Å²) in [5.74, 6) is 0.703. The van der Waals surface area contributed by atoms with Crippen LogP contribution in [0.1, 0.15) is 17.3 Å². The van der Waals surface area contributed by atoms with Crippen molar-refractivity contribution in [3.8, 4) is 5.75 Å². The number of nitrogens with zero attached hydrogens (tertiary/aromatic N) is 2. The van der Waals surface area contributed by atoms with Crippen LogP contribution in [0.4, 0.5) is 11.4 Å². The Labute approximate surface area is 158 Å². The number of hydrogen-bond donors (Lipinski definition) is 1. The molecule has 27 heavy (non-hydrogen) atoms. The van der Waals surface area contributed by atoms with E-state index in [1.54, 1.807) is 12.1 Å². The molecule has 1 heterocycles. The molecule has 7 nitrogen and oxygen atoms in total. The molecule has 3 rings (SSSR count). The Bertz CT molecular complexity index is 802. The van der Waals surface area contributed by atoms with Crippen molar-refractivity contribution in [2.45, 2.75) is 6.92 Å². The van der Waals surface area contributed by atoms with Crippen molar-refractivity contribution < 1.29 is 19.4 Å². The van der Waals surface area contributed by atoms with Crippen LogP contribution in [0.3, 0.4) is 0 Å². The Morgan fingerprint density at radius 1 is 1.19 bits per heavy atom. The van der Waals surface area contributed by atoms with Gasteiger partial charge in [-0.25, -0.2) is 0 Å². The van der Waals surface area contributed by atoms with Crippen LogP contribution in [0, 0.1) is 10.1 Å². The van der Waals surface area contributed by atoms with Crippen molar-refractivity contribution in [3.05, 3.63) is 64.2 Å². The standard InChI is InChI=1S/C20H23N3O4/c1-16(24)17-7-8-19(20(15-17)23(25)26)22-11-9-21(10-12-22)13-14-27-18-5-3-2-4-6-18/h2-8,15H,9-14H2,1H3/p+1. The summed E-state index contributed by atoms with van der Waals surface area (Å²) >= 11 is 0. The maximum Gasteiger partial charge on any atom is 0.293 e. The van der Waals surface area contributed by atoms with Crippen molar-refractivity contribution in [2.24, 2.45) is 0 Å². The van der Waals surface area contributed by atoms with Gasteiger partial charge >= 0.3 is 0 Å². The second kappa shape index (κ2) is 8.64. The van der Waals surface area contributed by atoms with E-state index in [0.29, 0.717) is 17.9 Å². The van der Waals surface area contributed by atoms with Gasteiger partial charge in [-0.05, 0) is 31.2 Å². The number of benzene rings is 2. The number of para-hydroxylation sites is 1. The molecule has 142 valence electrons. The van der Waals surface area contributed by atoms with E-state index >= 15 is 0 Å². The molecule has 1 aliphatic heterocycles. The molecule has 0 amide bonds. The molecule has 7 heteroatoms. The van der Waals surface area contributed by atoms with E-state index in [9.17, 15) is 14.9 Å². The van der Waals surface area contributed by atoms with Crippen LogP contribution in [-0.4, -0.2) is 50.0 Å². The quantitative estimate of drug-likeness (QED) is 0.455. The smallest absolute Gasteiger partial charge is 0.293 e. The highest BCUT2D eigenvalue weighted by Gasteiger charge is 2.26. The Morgan fingerprint density at radius 3 is 2.52 bits per heavy atom. The number of nitro groups is 1. The topological polar surface area (TPSA) is 77.1 Å². The monoisotopic (exact) mass is 370 g/mol. The number of carbonyl (C=O) groups is 1. The van der Waals surface area contributed by atoms with Crippen LogP contribution in [-0.2, 0) is 0 Å². The average molecular weight is 370 g/mol. The second-order valence-corrected chi connectivity index (χ2v) is 6.67. The zero-order valence-corrected chi connectivity index (χ0v) is 15.4. The van der Waals surface area contributed by atoms with Crippen molar-refractivity contribution in [1.29, 1.82) is 0 Å². The molecule has 0 aliphatic carbocycles. The number of quaternary nitrogens is 1. The Balaban J connectivity index is 1.56. The van der Waals surface area contributed by atoms with Crippen molar-refractivity contribution in [2.75, 3.05) is 44.2 Å². The SMILES string of the molecule is CC(=O)c1ccc(N2CC[NH+](CCOc3ccccc3)CC2)c([N+](=O)[O-])c1. The van der Waals surface area contributed by atoms with E-state index in [4.69, 9.17) is 4.74 Å². The Morgan fingerprint density at radius 2 is 1.89 bits per heavy atom. The fourth-order valence-corrected chi connectivity index (χ4v) is 3.30. The highest BCUT2D eigenvalue weighted by molar-refractivity contribution is 5.95. The summed E-state index contributed by atoms with van der Waals surface area (Å²) in [7, 11) is 0. The van der Waals surface area contributed by atoms with Gasteiger partial charge in [0.15, 0.2) is 5.78 Å². The Kier molecular flexibility index (Phi) is 6.03. The van der Waals surface area contributed by atoms with Gasteiger partial charge in [0.2, 0.25) is 0 Å². The van der Waals surface area contributed by atoms with E-state index in [-0.39, 0.29) is 11.5 Å². The van der Waals surface area contributed by atoms with Gasteiger partial charge in [-0.15, -0.1) is 0 Å². The molecule has 0 aromatic heterocycles. The molecular formula is C20H24N3O4+. The normalized spacial score (nSPS) is 14.8. The summed E-state index contributed by atoms with van der Waals surface area (Å²) in [5, 5.41) is 11.4. The van der Waals surface area contributed by atoms with E-state index in [0.717, 1.165) is 38.5 Å². The van der Waals surface area contributed by atoms with Crippen LogP contribution >= 0.6 is 0 Å². The van der Waals surface area contributed by atoms with Gasteiger partial charge in [0.05, 0.1) is 31.1 Å². The third kappa shape index (κ3) is 4.83. The molecule has 0 spiro atoms. The van der Waals surface area contributed by atoms with Gasteiger partial charge in [0.25, 0.3) is 5.69 Å². The van der Waals surface area contributed by atoms with Crippen LogP contribution in [0.25, 0.3) is 0 Å². The lowest BCUT2D eigenvalue weighted by atomic mass is 10.1. The fourth-order valence-electron chi connectivity index (χ4n) is 3.30. The highest BCUT2D eigenvalue weighted by atomic mass is 16.6. The van der Waals surface area contributed by atoms with E-state index in [2.05, 4.69) is 0 Å². The highest BCUT2D eigenvalue weighted by Crippen LogP contribution is 2.29. The maximum atomic E-state index is 11.5. The largest absolute Gasteiger partial charge is 0.488 e. The summed E-state index contributed by atoms with van der Waals surface area (Å²) in [6.07, 6.45) is 0. The molecule has 0 bridgehead atoms. The number of carbonyl (C=O) groups excluding carboxylic acids is 1. The van der Waals surface area contributed by atoms with Crippen molar-refractivity contribution in [1.82, 2.24) is 0 Å². The molecule has 1 saturated heterocycles. The molecule has 0 saturated carbocycles. The summed E-state index contributed by atoms with van der Waals surface area (Å²) in [4.78, 5) is 26.0. The van der Waals surface area contributed by atoms with E-state index in [1.807, 2.05) is 35.2 Å².